The van der Waals surface area contributed by atoms with E-state index in [4.69, 9.17) is 4.74 Å². The first-order valence-corrected chi connectivity index (χ1v) is 10.3. The fourth-order valence-electron chi connectivity index (χ4n) is 4.19. The molecule has 2 aliphatic rings. The molecule has 1 aromatic heterocycles. The van der Waals surface area contributed by atoms with Gasteiger partial charge in [-0.3, -0.25) is 4.79 Å². The highest BCUT2D eigenvalue weighted by Crippen LogP contribution is 2.39. The molecule has 1 N–H and O–H groups in total. The van der Waals surface area contributed by atoms with E-state index in [9.17, 15) is 9.18 Å². The van der Waals surface area contributed by atoms with Gasteiger partial charge in [0.05, 0.1) is 5.56 Å². The minimum absolute atomic E-state index is 0.0239. The Morgan fingerprint density at radius 3 is 2.83 bits per heavy atom. The molecule has 0 bridgehead atoms. The zero-order chi connectivity index (χ0) is 21.3. The zero-order valence-electron chi connectivity index (χ0n) is 17.6. The first-order valence-electron chi connectivity index (χ1n) is 10.3. The van der Waals surface area contributed by atoms with Crippen molar-refractivity contribution in [2.45, 2.75) is 33.2 Å². The van der Waals surface area contributed by atoms with Gasteiger partial charge in [0.2, 0.25) is 0 Å². The summed E-state index contributed by atoms with van der Waals surface area (Å²) in [6.45, 7) is 9.95. The number of carbonyl (C=O) groups excluding carboxylic acids is 1. The number of amides is 1. The van der Waals surface area contributed by atoms with Crippen LogP contribution in [0, 0.1) is 11.2 Å². The van der Waals surface area contributed by atoms with E-state index in [1.54, 1.807) is 4.90 Å². The molecule has 30 heavy (non-hydrogen) atoms. The fraction of sp³-hybridized carbons (Fsp3) is 0.524. The molecule has 0 radical (unpaired) electrons. The third kappa shape index (κ3) is 3.81. The monoisotopic (exact) mass is 414 g/mol. The van der Waals surface area contributed by atoms with Gasteiger partial charge >= 0.3 is 0 Å². The van der Waals surface area contributed by atoms with Crippen molar-refractivity contribution in [3.63, 3.8) is 0 Å². The zero-order valence-corrected chi connectivity index (χ0v) is 17.6. The molecule has 0 aliphatic carbocycles. The van der Waals surface area contributed by atoms with E-state index < -0.39 is 5.82 Å². The first kappa shape index (κ1) is 20.5. The molecule has 8 nitrogen and oxygen atoms in total. The summed E-state index contributed by atoms with van der Waals surface area (Å²) < 4.78 is 20.0. The van der Waals surface area contributed by atoms with Gasteiger partial charge in [0.25, 0.3) is 11.8 Å². The first-order chi connectivity index (χ1) is 14.4. The molecule has 3 heterocycles. The lowest BCUT2D eigenvalue weighted by molar-refractivity contribution is 0.0713. The summed E-state index contributed by atoms with van der Waals surface area (Å²) in [5.74, 6) is 0.258. The second-order valence-corrected chi connectivity index (χ2v) is 8.29. The van der Waals surface area contributed by atoms with Crippen LogP contribution in [0.4, 0.5) is 10.2 Å². The van der Waals surface area contributed by atoms with Crippen LogP contribution in [0.25, 0.3) is 0 Å². The number of aromatic nitrogens is 3. The third-order valence-corrected chi connectivity index (χ3v) is 5.91. The predicted octanol–water partition coefficient (Wildman–Crippen LogP) is 2.47. The highest BCUT2D eigenvalue weighted by atomic mass is 19.1. The van der Waals surface area contributed by atoms with Gasteiger partial charge in [0.15, 0.2) is 5.82 Å². The van der Waals surface area contributed by atoms with Crippen LogP contribution in [0.15, 0.2) is 24.5 Å². The van der Waals surface area contributed by atoms with Crippen LogP contribution in [-0.2, 0) is 0 Å². The molecule has 2 saturated heterocycles. The smallest absolute Gasteiger partial charge is 0.282 e. The van der Waals surface area contributed by atoms with Gasteiger partial charge in [-0.1, -0.05) is 0 Å². The van der Waals surface area contributed by atoms with Crippen molar-refractivity contribution < 1.29 is 13.9 Å². The number of anilines is 1. The maximum absolute atomic E-state index is 14.0. The minimum atomic E-state index is -0.498. The van der Waals surface area contributed by atoms with Crippen LogP contribution in [-0.4, -0.2) is 64.8 Å². The number of benzene rings is 1. The Hall–Kier alpha value is -2.81. The molecule has 1 amide bonds. The van der Waals surface area contributed by atoms with Gasteiger partial charge in [-0.15, -0.1) is 10.2 Å². The number of nitrogens with one attached hydrogen (secondary N) is 1. The molecule has 1 spiro atoms. The summed E-state index contributed by atoms with van der Waals surface area (Å²) >= 11 is 0. The second kappa shape index (κ2) is 8.14. The maximum Gasteiger partial charge on any atom is 0.282 e. The molecule has 0 atom stereocenters. The Morgan fingerprint density at radius 2 is 2.20 bits per heavy atom. The molecular formula is C21H27FN6O2. The average Bonchev–Trinajstić information content (AvgIpc) is 3.16. The van der Waals surface area contributed by atoms with Gasteiger partial charge in [-0.2, -0.15) is 0 Å². The molecule has 1 aromatic carbocycles. The van der Waals surface area contributed by atoms with E-state index >= 15 is 0 Å². The summed E-state index contributed by atoms with van der Waals surface area (Å²) in [7, 11) is 0. The van der Waals surface area contributed by atoms with E-state index in [0.29, 0.717) is 12.4 Å². The summed E-state index contributed by atoms with van der Waals surface area (Å²) in [6, 6.07) is 3.91. The van der Waals surface area contributed by atoms with E-state index in [1.807, 2.05) is 20.8 Å². The number of nitrogens with zero attached hydrogens (tertiary/aromatic N) is 5. The van der Waals surface area contributed by atoms with E-state index in [0.717, 1.165) is 32.6 Å². The van der Waals surface area contributed by atoms with E-state index in [-0.39, 0.29) is 34.6 Å². The molecule has 160 valence electrons. The van der Waals surface area contributed by atoms with Gasteiger partial charge in [0, 0.05) is 44.2 Å². The molecule has 2 aliphatic heterocycles. The number of hydrogen-bond donors (Lipinski definition) is 1. The maximum atomic E-state index is 14.0. The minimum Gasteiger partial charge on any atom is -0.434 e. The lowest BCUT2D eigenvalue weighted by atomic mass is 9.81. The number of halogens is 1. The van der Waals surface area contributed by atoms with Crippen molar-refractivity contribution in [1.29, 1.82) is 0 Å². The van der Waals surface area contributed by atoms with Crippen molar-refractivity contribution in [2.24, 2.45) is 5.41 Å². The van der Waals surface area contributed by atoms with Crippen LogP contribution in [0.3, 0.4) is 0 Å². The van der Waals surface area contributed by atoms with Crippen molar-refractivity contribution in [1.82, 2.24) is 25.4 Å². The summed E-state index contributed by atoms with van der Waals surface area (Å²) in [5.41, 5.74) is 0.432. The van der Waals surface area contributed by atoms with Crippen molar-refractivity contribution in [3.05, 3.63) is 35.9 Å². The Labute approximate surface area is 175 Å². The van der Waals surface area contributed by atoms with Crippen molar-refractivity contribution >= 4 is 11.7 Å². The van der Waals surface area contributed by atoms with Crippen molar-refractivity contribution in [2.75, 3.05) is 37.6 Å². The topological polar surface area (TPSA) is 83.5 Å². The second-order valence-electron chi connectivity index (χ2n) is 8.29. The lowest BCUT2D eigenvalue weighted by Gasteiger charge is -2.39. The highest BCUT2D eigenvalue weighted by molar-refractivity contribution is 5.97. The Balaban J connectivity index is 1.63. The molecule has 2 fully saturated rings. The number of rotatable bonds is 6. The highest BCUT2D eigenvalue weighted by Gasteiger charge is 2.44. The third-order valence-electron chi connectivity index (χ3n) is 5.91. The largest absolute Gasteiger partial charge is 0.434 e. The van der Waals surface area contributed by atoms with Crippen LogP contribution in [0.5, 0.6) is 11.6 Å². The Bertz CT molecular complexity index is 933. The molecule has 0 saturated carbocycles. The summed E-state index contributed by atoms with van der Waals surface area (Å²) in [5, 5.41) is 11.3. The normalized spacial score (nSPS) is 17.3. The van der Waals surface area contributed by atoms with Gasteiger partial charge in [0.1, 0.15) is 17.9 Å². The van der Waals surface area contributed by atoms with Crippen LogP contribution < -0.4 is 15.0 Å². The van der Waals surface area contributed by atoms with Crippen LogP contribution >= 0.6 is 0 Å². The Morgan fingerprint density at radius 1 is 1.40 bits per heavy atom. The quantitative estimate of drug-likeness (QED) is 0.777. The SMILES string of the molecule is CCN(C(=O)c1cc(F)ccc1Oc1nncnc1N1CCC2(CNC2)C1)C(C)C. The van der Waals surface area contributed by atoms with Gasteiger partial charge in [-0.05, 0) is 45.4 Å². The molecular weight excluding hydrogens is 387 g/mol. The van der Waals surface area contributed by atoms with E-state index in [1.165, 1.54) is 24.5 Å². The average molecular weight is 414 g/mol. The van der Waals surface area contributed by atoms with Gasteiger partial charge in [-0.25, -0.2) is 9.37 Å². The van der Waals surface area contributed by atoms with Gasteiger partial charge < -0.3 is 19.9 Å². The fourth-order valence-corrected chi connectivity index (χ4v) is 4.19. The molecule has 9 heteroatoms. The van der Waals surface area contributed by atoms with Crippen LogP contribution in [0.2, 0.25) is 0 Å². The standard InChI is InChI=1S/C21H27FN6O2/c1-4-28(14(2)3)20(29)16-9-15(22)5-6-17(16)30-19-18(24-13-25-26-19)27-8-7-21(12-27)10-23-11-21/h5-6,9,13-14,23H,4,7-8,10-12H2,1-3H3. The van der Waals surface area contributed by atoms with E-state index in [2.05, 4.69) is 25.4 Å². The summed E-state index contributed by atoms with van der Waals surface area (Å²) in [4.78, 5) is 21.3. The predicted molar refractivity (Wildman–Crippen MR) is 110 cm³/mol. The van der Waals surface area contributed by atoms with Crippen LogP contribution in [0.1, 0.15) is 37.6 Å². The lowest BCUT2D eigenvalue weighted by Crippen LogP contribution is -2.54. The number of carbonyl (C=O) groups is 1. The van der Waals surface area contributed by atoms with Crippen molar-refractivity contribution in [3.8, 4) is 11.6 Å². The Kier molecular flexibility index (Phi) is 5.55. The summed E-state index contributed by atoms with van der Waals surface area (Å²) in [6.07, 6.45) is 2.46. The number of ether oxygens (including phenoxy) is 1. The molecule has 2 aromatic rings. The molecule has 4 rings (SSSR count). The number of hydrogen-bond acceptors (Lipinski definition) is 7. The molecule has 0 unspecified atom stereocenters.